The highest BCUT2D eigenvalue weighted by Crippen LogP contribution is 2.34. The lowest BCUT2D eigenvalue weighted by Gasteiger charge is -2.33. The van der Waals surface area contributed by atoms with Crippen LogP contribution in [0, 0.1) is 0 Å². The Kier molecular flexibility index (Phi) is 8.25. The highest BCUT2D eigenvalue weighted by molar-refractivity contribution is 6.06. The van der Waals surface area contributed by atoms with E-state index >= 15 is 0 Å². The fourth-order valence-electron chi connectivity index (χ4n) is 5.60. The van der Waals surface area contributed by atoms with E-state index < -0.39 is 17.6 Å². The zero-order valence-electron chi connectivity index (χ0n) is 24.4. The minimum Gasteiger partial charge on any atom is -0.383 e. The maximum Gasteiger partial charge on any atom is 0.416 e. The second-order valence-corrected chi connectivity index (χ2v) is 11.2. The summed E-state index contributed by atoms with van der Waals surface area (Å²) in [5, 5.41) is 14.4. The SMILES string of the molecule is C[C@@H]1CCn2nc(-c3ccc(C(=O)Nc4cc(C(F)(F)F)ccn4)cc3)c3c(N)ncc(c32)/C=C/CN2CCN[C@H](C2)C(=O)N1. The first-order valence-corrected chi connectivity index (χ1v) is 14.6. The molecule has 1 unspecified atom stereocenters. The number of nitrogens with zero attached hydrogens (tertiary/aromatic N) is 5. The number of anilines is 2. The van der Waals surface area contributed by atoms with Crippen molar-refractivity contribution in [3.05, 3.63) is 71.6 Å². The van der Waals surface area contributed by atoms with Crippen molar-refractivity contribution in [3.63, 3.8) is 0 Å². The Labute approximate surface area is 256 Å². The molecule has 4 aromatic rings. The van der Waals surface area contributed by atoms with E-state index in [-0.39, 0.29) is 29.4 Å². The molecule has 2 aliphatic rings. The van der Waals surface area contributed by atoms with E-state index in [9.17, 15) is 22.8 Å². The number of hydrogen-bond acceptors (Lipinski definition) is 8. The molecule has 2 amide bonds. The van der Waals surface area contributed by atoms with Gasteiger partial charge in [-0.1, -0.05) is 24.3 Å². The number of halogens is 3. The summed E-state index contributed by atoms with van der Waals surface area (Å²) in [5.74, 6) is -0.545. The number of alkyl halides is 3. The summed E-state index contributed by atoms with van der Waals surface area (Å²) in [6, 6.07) is 7.76. The molecule has 3 aromatic heterocycles. The summed E-state index contributed by atoms with van der Waals surface area (Å²) in [6.45, 7) is 5.29. The van der Waals surface area contributed by atoms with Crippen LogP contribution in [0.25, 0.3) is 28.2 Å². The maximum absolute atomic E-state index is 13.1. The predicted octanol–water partition coefficient (Wildman–Crippen LogP) is 3.54. The molecule has 234 valence electrons. The van der Waals surface area contributed by atoms with Crippen molar-refractivity contribution in [2.45, 2.75) is 38.1 Å². The van der Waals surface area contributed by atoms with Crippen LogP contribution >= 0.6 is 0 Å². The van der Waals surface area contributed by atoms with Gasteiger partial charge >= 0.3 is 6.18 Å². The molecule has 14 heteroatoms. The third kappa shape index (κ3) is 6.51. The Balaban J connectivity index is 1.31. The van der Waals surface area contributed by atoms with Gasteiger partial charge in [0.25, 0.3) is 5.91 Å². The lowest BCUT2D eigenvalue weighted by atomic mass is 10.0. The van der Waals surface area contributed by atoms with Gasteiger partial charge < -0.3 is 21.7 Å². The second-order valence-electron chi connectivity index (χ2n) is 11.2. The van der Waals surface area contributed by atoms with Gasteiger partial charge in [-0.25, -0.2) is 9.97 Å². The number of piperazine rings is 1. The fourth-order valence-corrected chi connectivity index (χ4v) is 5.60. The maximum atomic E-state index is 13.1. The van der Waals surface area contributed by atoms with E-state index in [1.807, 2.05) is 23.8 Å². The predicted molar refractivity (Wildman–Crippen MR) is 164 cm³/mol. The Hall–Kier alpha value is -4.82. The quantitative estimate of drug-likeness (QED) is 0.273. The fraction of sp³-hybridized carbons (Fsp3) is 0.323. The summed E-state index contributed by atoms with van der Waals surface area (Å²) >= 11 is 0. The highest BCUT2D eigenvalue weighted by atomic mass is 19.4. The van der Waals surface area contributed by atoms with Crippen LogP contribution in [0.2, 0.25) is 0 Å². The number of carbonyl (C=O) groups excluding carboxylic acids is 2. The highest BCUT2D eigenvalue weighted by Gasteiger charge is 2.31. The van der Waals surface area contributed by atoms with Gasteiger partial charge in [0.05, 0.1) is 22.5 Å². The molecule has 0 saturated carbocycles. The molecule has 11 nitrogen and oxygen atoms in total. The van der Waals surface area contributed by atoms with Gasteiger partial charge in [0.15, 0.2) is 0 Å². The van der Waals surface area contributed by atoms with Gasteiger partial charge in [0.1, 0.15) is 17.3 Å². The van der Waals surface area contributed by atoms with Crippen LogP contribution in [0.15, 0.2) is 54.9 Å². The van der Waals surface area contributed by atoms with Gasteiger partial charge in [-0.3, -0.25) is 19.2 Å². The number of carbonyl (C=O) groups is 2. The summed E-state index contributed by atoms with van der Waals surface area (Å²) in [4.78, 5) is 36.3. The van der Waals surface area contributed by atoms with Crippen molar-refractivity contribution in [3.8, 4) is 11.3 Å². The number of aryl methyl sites for hydroxylation is 1. The lowest BCUT2D eigenvalue weighted by molar-refractivity contribution is -0.137. The van der Waals surface area contributed by atoms with E-state index in [1.54, 1.807) is 30.5 Å². The first kappa shape index (κ1) is 30.2. The molecule has 0 aliphatic carbocycles. The smallest absolute Gasteiger partial charge is 0.383 e. The average Bonchev–Trinajstić information content (AvgIpc) is 3.41. The van der Waals surface area contributed by atoms with Crippen molar-refractivity contribution in [2.24, 2.45) is 0 Å². The topological polar surface area (TPSA) is 143 Å². The standard InChI is InChI=1S/C31H32F3N9O2/c1-18-9-13-43-27-21(3-2-12-42-14-11-36-23(17-42)30(45)39-18)16-38-28(35)25(27)26(41-43)19-4-6-20(7-5-19)29(44)40-24-15-22(8-10-37-24)31(32,33)34/h2-8,10,15-16,18,23,36H,9,11-14,17H2,1H3,(H2,35,38)(H,39,45)(H,37,40,44)/b3-2+/t18-,23-/m1/s1. The van der Waals surface area contributed by atoms with Crippen LogP contribution in [0.4, 0.5) is 24.8 Å². The molecular weight excluding hydrogens is 587 g/mol. The van der Waals surface area contributed by atoms with E-state index in [4.69, 9.17) is 10.8 Å². The average molecular weight is 620 g/mol. The number of nitrogen functional groups attached to an aromatic ring is 1. The number of nitrogens with one attached hydrogen (secondary N) is 3. The molecule has 5 heterocycles. The Morgan fingerprint density at radius 2 is 1.93 bits per heavy atom. The number of nitrogens with two attached hydrogens (primary N) is 1. The molecule has 2 aliphatic heterocycles. The van der Waals surface area contributed by atoms with E-state index in [0.717, 1.165) is 42.5 Å². The van der Waals surface area contributed by atoms with Crippen molar-refractivity contribution < 1.29 is 22.8 Å². The minimum absolute atomic E-state index is 0.0265. The third-order valence-electron chi connectivity index (χ3n) is 7.97. The summed E-state index contributed by atoms with van der Waals surface area (Å²) in [7, 11) is 0. The summed E-state index contributed by atoms with van der Waals surface area (Å²) in [6.07, 6.45) is 2.82. The first-order valence-electron chi connectivity index (χ1n) is 14.6. The van der Waals surface area contributed by atoms with Crippen LogP contribution in [-0.2, 0) is 17.5 Å². The van der Waals surface area contributed by atoms with Gasteiger partial charge in [-0.05, 0) is 37.6 Å². The first-order chi connectivity index (χ1) is 21.6. The normalized spacial score (nSPS) is 21.5. The monoisotopic (exact) mass is 619 g/mol. The molecule has 1 saturated heterocycles. The second kappa shape index (κ2) is 12.3. The van der Waals surface area contributed by atoms with E-state index in [2.05, 4.69) is 30.8 Å². The molecule has 3 atom stereocenters. The molecule has 1 aromatic carbocycles. The Bertz CT molecular complexity index is 1770. The van der Waals surface area contributed by atoms with Crippen LogP contribution in [0.1, 0.15) is 34.8 Å². The lowest BCUT2D eigenvalue weighted by Crippen LogP contribution is -2.58. The van der Waals surface area contributed by atoms with Gasteiger partial charge in [0, 0.05) is 67.8 Å². The van der Waals surface area contributed by atoms with Gasteiger partial charge in [-0.2, -0.15) is 18.3 Å². The molecule has 6 rings (SSSR count). The number of rotatable bonds is 3. The number of pyridine rings is 2. The van der Waals surface area contributed by atoms with Crippen molar-refractivity contribution in [1.29, 1.82) is 0 Å². The summed E-state index contributed by atoms with van der Waals surface area (Å²) in [5.41, 5.74) is 8.64. The molecule has 1 fully saturated rings. The van der Waals surface area contributed by atoms with E-state index in [0.29, 0.717) is 48.5 Å². The number of benzene rings is 1. The summed E-state index contributed by atoms with van der Waals surface area (Å²) < 4.78 is 41.1. The van der Waals surface area contributed by atoms with Gasteiger partial charge in [0.2, 0.25) is 5.91 Å². The van der Waals surface area contributed by atoms with Crippen molar-refractivity contribution in [1.82, 2.24) is 35.3 Å². The molecule has 45 heavy (non-hydrogen) atoms. The van der Waals surface area contributed by atoms with Crippen LogP contribution in [0.3, 0.4) is 0 Å². The van der Waals surface area contributed by atoms with Crippen LogP contribution in [0.5, 0.6) is 0 Å². The number of amides is 2. The van der Waals surface area contributed by atoms with Crippen LogP contribution < -0.4 is 21.7 Å². The molecule has 5 N–H and O–H groups in total. The van der Waals surface area contributed by atoms with Crippen LogP contribution in [-0.4, -0.2) is 74.7 Å². The minimum atomic E-state index is -4.56. The molecular formula is C31H32F3N9O2. The van der Waals surface area contributed by atoms with Gasteiger partial charge in [-0.15, -0.1) is 0 Å². The number of fused-ring (bicyclic) bond motifs is 2. The zero-order valence-corrected chi connectivity index (χ0v) is 24.4. The number of hydrogen-bond donors (Lipinski definition) is 4. The molecule has 0 radical (unpaired) electrons. The van der Waals surface area contributed by atoms with Crippen molar-refractivity contribution in [2.75, 3.05) is 37.2 Å². The third-order valence-corrected chi connectivity index (χ3v) is 7.97. The molecule has 2 bridgehead atoms. The number of aromatic nitrogens is 4. The molecule has 0 spiro atoms. The largest absolute Gasteiger partial charge is 0.416 e. The Morgan fingerprint density at radius 1 is 1.13 bits per heavy atom. The van der Waals surface area contributed by atoms with E-state index in [1.165, 1.54) is 0 Å². The van der Waals surface area contributed by atoms with Crippen molar-refractivity contribution >= 4 is 40.4 Å². The Morgan fingerprint density at radius 3 is 2.71 bits per heavy atom. The zero-order chi connectivity index (χ0) is 31.7.